The van der Waals surface area contributed by atoms with Gasteiger partial charge in [-0.25, -0.2) is 0 Å². The number of allylic oxidation sites excluding steroid dienone is 1. The van der Waals surface area contributed by atoms with Crippen molar-refractivity contribution in [2.75, 3.05) is 6.61 Å². The highest BCUT2D eigenvalue weighted by Crippen LogP contribution is 2.03. The fraction of sp³-hybridized carbons (Fsp3) is 0.625. The zero-order chi connectivity index (χ0) is 7.23. The second-order valence-electron chi connectivity index (χ2n) is 2.42. The van der Waals surface area contributed by atoms with Gasteiger partial charge in [0.05, 0.1) is 12.9 Å². The monoisotopic (exact) mass is 140 g/mol. The highest BCUT2D eigenvalue weighted by Gasteiger charge is 2.01. The minimum absolute atomic E-state index is 0.357. The molecule has 0 aromatic heterocycles. The van der Waals surface area contributed by atoms with Gasteiger partial charge in [-0.2, -0.15) is 0 Å². The molecule has 2 heteroatoms. The lowest BCUT2D eigenvalue weighted by molar-refractivity contribution is -0.119. The van der Waals surface area contributed by atoms with Crippen LogP contribution >= 0.6 is 0 Å². The van der Waals surface area contributed by atoms with Gasteiger partial charge in [0.15, 0.2) is 0 Å². The summed E-state index contributed by atoms with van der Waals surface area (Å²) in [7, 11) is 0. The number of ketones is 1. The molecule has 0 atom stereocenters. The first-order valence-corrected chi connectivity index (χ1v) is 3.68. The molecule has 0 fully saturated rings. The second-order valence-corrected chi connectivity index (χ2v) is 2.42. The maximum Gasteiger partial charge on any atom is 0.133 e. The normalized spacial score (nSPS) is 23.8. The first-order valence-electron chi connectivity index (χ1n) is 3.68. The minimum atomic E-state index is 0.357. The van der Waals surface area contributed by atoms with Crippen LogP contribution in [0.25, 0.3) is 0 Å². The van der Waals surface area contributed by atoms with Gasteiger partial charge in [0.2, 0.25) is 0 Å². The zero-order valence-electron chi connectivity index (χ0n) is 6.01. The van der Waals surface area contributed by atoms with Gasteiger partial charge < -0.3 is 4.74 Å². The molecule has 0 radical (unpaired) electrons. The predicted molar refractivity (Wildman–Crippen MR) is 38.6 cm³/mol. The van der Waals surface area contributed by atoms with Crippen LogP contribution in [0, 0.1) is 0 Å². The van der Waals surface area contributed by atoms with Crippen molar-refractivity contribution in [3.63, 3.8) is 0 Å². The molecule has 0 N–H and O–H groups in total. The van der Waals surface area contributed by atoms with Gasteiger partial charge in [-0.1, -0.05) is 0 Å². The third kappa shape index (κ3) is 2.67. The Kier molecular flexibility index (Phi) is 3.00. The quantitative estimate of drug-likeness (QED) is 0.511. The molecule has 0 unspecified atom stereocenters. The summed E-state index contributed by atoms with van der Waals surface area (Å²) in [5.74, 6) is 0.357. The van der Waals surface area contributed by atoms with Gasteiger partial charge in [0, 0.05) is 12.8 Å². The Morgan fingerprint density at radius 1 is 1.40 bits per heavy atom. The molecular formula is C8H12O2. The molecule has 0 spiro atoms. The Morgan fingerprint density at radius 2 is 2.30 bits per heavy atom. The van der Waals surface area contributed by atoms with Crippen LogP contribution in [0.5, 0.6) is 0 Å². The average molecular weight is 140 g/mol. The van der Waals surface area contributed by atoms with E-state index in [-0.39, 0.29) is 0 Å². The number of hydrogen-bond acceptors (Lipinski definition) is 2. The van der Waals surface area contributed by atoms with E-state index in [0.29, 0.717) is 25.2 Å². The van der Waals surface area contributed by atoms with Crippen LogP contribution in [-0.4, -0.2) is 12.4 Å². The van der Waals surface area contributed by atoms with E-state index in [9.17, 15) is 4.79 Å². The summed E-state index contributed by atoms with van der Waals surface area (Å²) in [6.45, 7) is 0.683. The molecule has 0 amide bonds. The number of hydrogen-bond donors (Lipinski definition) is 0. The molecule has 0 aliphatic carbocycles. The maximum absolute atomic E-state index is 10.9. The lowest BCUT2D eigenvalue weighted by Gasteiger charge is -1.96. The Bertz CT molecular complexity index is 138. The summed E-state index contributed by atoms with van der Waals surface area (Å²) < 4.78 is 5.07. The van der Waals surface area contributed by atoms with Crippen molar-refractivity contribution < 1.29 is 9.53 Å². The van der Waals surface area contributed by atoms with Crippen molar-refractivity contribution in [2.24, 2.45) is 0 Å². The summed E-state index contributed by atoms with van der Waals surface area (Å²) >= 11 is 0. The van der Waals surface area contributed by atoms with Crippen LogP contribution in [0.2, 0.25) is 0 Å². The summed E-state index contributed by atoms with van der Waals surface area (Å²) in [4.78, 5) is 10.9. The highest BCUT2D eigenvalue weighted by atomic mass is 16.5. The van der Waals surface area contributed by atoms with E-state index >= 15 is 0 Å². The van der Waals surface area contributed by atoms with Crippen molar-refractivity contribution in [3.8, 4) is 0 Å². The van der Waals surface area contributed by atoms with Crippen molar-refractivity contribution in [1.82, 2.24) is 0 Å². The molecule has 1 rings (SSSR count). The molecule has 2 nitrogen and oxygen atoms in total. The molecule has 0 aromatic rings. The lowest BCUT2D eigenvalue weighted by atomic mass is 10.1. The van der Waals surface area contributed by atoms with E-state index in [1.165, 1.54) is 0 Å². The van der Waals surface area contributed by atoms with Crippen LogP contribution in [0.4, 0.5) is 0 Å². The fourth-order valence-corrected chi connectivity index (χ4v) is 0.926. The lowest BCUT2D eigenvalue weighted by Crippen LogP contribution is -1.97. The van der Waals surface area contributed by atoms with Crippen LogP contribution in [0.15, 0.2) is 12.3 Å². The SMILES string of the molecule is O=C1CC/C=C/OCCC1. The molecule has 0 bridgehead atoms. The molecule has 56 valence electrons. The molecule has 1 aliphatic rings. The summed E-state index contributed by atoms with van der Waals surface area (Å²) in [6, 6.07) is 0. The number of rotatable bonds is 0. The van der Waals surface area contributed by atoms with E-state index < -0.39 is 0 Å². The van der Waals surface area contributed by atoms with E-state index in [1.807, 2.05) is 6.08 Å². The first kappa shape index (κ1) is 7.32. The van der Waals surface area contributed by atoms with Crippen molar-refractivity contribution in [1.29, 1.82) is 0 Å². The van der Waals surface area contributed by atoms with Crippen molar-refractivity contribution >= 4 is 5.78 Å². The molecule has 10 heavy (non-hydrogen) atoms. The van der Waals surface area contributed by atoms with E-state index in [2.05, 4.69) is 0 Å². The van der Waals surface area contributed by atoms with E-state index in [1.54, 1.807) is 6.26 Å². The topological polar surface area (TPSA) is 26.3 Å². The van der Waals surface area contributed by atoms with Crippen LogP contribution in [0.1, 0.15) is 25.7 Å². The minimum Gasteiger partial charge on any atom is -0.502 e. The average Bonchev–Trinajstić information content (AvgIpc) is 2.02. The van der Waals surface area contributed by atoms with Crippen molar-refractivity contribution in [3.05, 3.63) is 12.3 Å². The Labute approximate surface area is 60.9 Å². The van der Waals surface area contributed by atoms with Crippen molar-refractivity contribution in [2.45, 2.75) is 25.7 Å². The smallest absolute Gasteiger partial charge is 0.133 e. The Balaban J connectivity index is 2.32. The van der Waals surface area contributed by atoms with Gasteiger partial charge in [-0.3, -0.25) is 4.79 Å². The van der Waals surface area contributed by atoms with Crippen LogP contribution < -0.4 is 0 Å². The second kappa shape index (κ2) is 4.09. The van der Waals surface area contributed by atoms with Gasteiger partial charge in [-0.05, 0) is 18.9 Å². The van der Waals surface area contributed by atoms with E-state index in [0.717, 1.165) is 12.8 Å². The molecule has 0 saturated heterocycles. The number of ether oxygens (including phenoxy) is 1. The zero-order valence-corrected chi connectivity index (χ0v) is 6.01. The number of Topliss-reactive ketones (excluding diaryl/α,β-unsaturated/α-hetero) is 1. The van der Waals surface area contributed by atoms with Gasteiger partial charge in [0.25, 0.3) is 0 Å². The highest BCUT2D eigenvalue weighted by molar-refractivity contribution is 5.78. The standard InChI is InChI=1S/C8H12O2/c9-8-4-1-2-6-10-7-3-5-8/h2,6H,1,3-5,7H2/b6-2+. The molecular weight excluding hydrogens is 128 g/mol. The molecule has 1 heterocycles. The largest absolute Gasteiger partial charge is 0.502 e. The number of carbonyl (C=O) groups is 1. The molecule has 1 aliphatic heterocycles. The third-order valence-electron chi connectivity index (χ3n) is 1.50. The summed E-state index contributed by atoms with van der Waals surface area (Å²) in [5.41, 5.74) is 0. The van der Waals surface area contributed by atoms with Crippen LogP contribution in [0.3, 0.4) is 0 Å². The van der Waals surface area contributed by atoms with Gasteiger partial charge in [-0.15, -0.1) is 0 Å². The summed E-state index contributed by atoms with van der Waals surface area (Å²) in [5, 5.41) is 0. The Morgan fingerprint density at radius 3 is 3.20 bits per heavy atom. The first-order chi connectivity index (χ1) is 4.89. The van der Waals surface area contributed by atoms with Gasteiger partial charge >= 0.3 is 0 Å². The third-order valence-corrected chi connectivity index (χ3v) is 1.50. The molecule has 0 saturated carbocycles. The van der Waals surface area contributed by atoms with Crippen LogP contribution in [-0.2, 0) is 9.53 Å². The Hall–Kier alpha value is -0.790. The predicted octanol–water partition coefficient (Wildman–Crippen LogP) is 1.66. The van der Waals surface area contributed by atoms with E-state index in [4.69, 9.17) is 4.74 Å². The fourth-order valence-electron chi connectivity index (χ4n) is 0.926. The van der Waals surface area contributed by atoms with Gasteiger partial charge in [0.1, 0.15) is 5.78 Å². The number of carbonyl (C=O) groups excluding carboxylic acids is 1. The summed E-state index contributed by atoms with van der Waals surface area (Å²) in [6.07, 6.45) is 6.66. The molecule has 0 aromatic carbocycles. The maximum atomic E-state index is 10.9.